The van der Waals surface area contributed by atoms with Crippen molar-refractivity contribution in [3.05, 3.63) is 23.3 Å². The fraction of sp³-hybridized carbons (Fsp3) is 0.533. The molecule has 4 heteroatoms. The first kappa shape index (κ1) is 13.7. The van der Waals surface area contributed by atoms with E-state index in [4.69, 9.17) is 9.47 Å². The summed E-state index contributed by atoms with van der Waals surface area (Å²) in [5.41, 5.74) is 1.01. The summed E-state index contributed by atoms with van der Waals surface area (Å²) in [5, 5.41) is 9.43. The number of carbonyl (C=O) groups is 1. The van der Waals surface area contributed by atoms with Gasteiger partial charge >= 0.3 is 5.97 Å². The van der Waals surface area contributed by atoms with Gasteiger partial charge in [-0.05, 0) is 43.9 Å². The lowest BCUT2D eigenvalue weighted by molar-refractivity contribution is -0.140. The third-order valence-electron chi connectivity index (χ3n) is 3.74. The minimum absolute atomic E-state index is 0.568. The molecule has 1 N–H and O–H groups in total. The van der Waals surface area contributed by atoms with E-state index in [1.165, 1.54) is 0 Å². The van der Waals surface area contributed by atoms with Gasteiger partial charge in [0.05, 0.1) is 19.1 Å². The van der Waals surface area contributed by atoms with Crippen LogP contribution in [0.25, 0.3) is 0 Å². The molecule has 0 atom stereocenters. The van der Waals surface area contributed by atoms with Crippen LogP contribution in [0.4, 0.5) is 0 Å². The second-order valence-corrected chi connectivity index (χ2v) is 4.83. The van der Waals surface area contributed by atoms with Gasteiger partial charge < -0.3 is 14.6 Å². The molecule has 1 aromatic rings. The van der Waals surface area contributed by atoms with Crippen LogP contribution in [0.3, 0.4) is 0 Å². The van der Waals surface area contributed by atoms with Gasteiger partial charge in [0.25, 0.3) is 0 Å². The molecule has 104 valence electrons. The molecule has 2 rings (SSSR count). The summed E-state index contributed by atoms with van der Waals surface area (Å²) in [6.07, 6.45) is 2.15. The molecule has 0 saturated heterocycles. The molecule has 0 spiro atoms. The van der Waals surface area contributed by atoms with E-state index in [1.54, 1.807) is 7.11 Å². The molecular formula is C15H20O4. The Bertz CT molecular complexity index is 489. The zero-order valence-corrected chi connectivity index (χ0v) is 11.7. The SMILES string of the molecule is CCOc1cc(C2(C(=O)O)CC2)c(OC)cc1CC. The topological polar surface area (TPSA) is 55.8 Å². The number of ether oxygens (including phenoxy) is 2. The Morgan fingerprint density at radius 2 is 2.00 bits per heavy atom. The number of aryl methyl sites for hydroxylation is 1. The molecule has 1 aliphatic carbocycles. The fourth-order valence-electron chi connectivity index (χ4n) is 2.43. The fourth-order valence-corrected chi connectivity index (χ4v) is 2.43. The third kappa shape index (κ3) is 2.27. The summed E-state index contributed by atoms with van der Waals surface area (Å²) in [6.45, 7) is 4.54. The van der Waals surface area contributed by atoms with Crippen molar-refractivity contribution >= 4 is 5.97 Å². The molecule has 1 fully saturated rings. The summed E-state index contributed by atoms with van der Waals surface area (Å²) < 4.78 is 11.0. The van der Waals surface area contributed by atoms with E-state index in [9.17, 15) is 9.90 Å². The molecule has 1 saturated carbocycles. The van der Waals surface area contributed by atoms with Crippen molar-refractivity contribution in [3.8, 4) is 11.5 Å². The lowest BCUT2D eigenvalue weighted by atomic mass is 9.93. The molecule has 0 aliphatic heterocycles. The molecule has 0 bridgehead atoms. The average Bonchev–Trinajstić information content (AvgIpc) is 3.20. The van der Waals surface area contributed by atoms with E-state index < -0.39 is 11.4 Å². The molecule has 0 heterocycles. The molecule has 0 radical (unpaired) electrons. The largest absolute Gasteiger partial charge is 0.496 e. The molecule has 19 heavy (non-hydrogen) atoms. The van der Waals surface area contributed by atoms with Crippen molar-refractivity contribution in [2.45, 2.75) is 38.5 Å². The molecule has 0 unspecified atom stereocenters. The average molecular weight is 264 g/mol. The van der Waals surface area contributed by atoms with Gasteiger partial charge in [-0.3, -0.25) is 4.79 Å². The predicted molar refractivity (Wildman–Crippen MR) is 72.1 cm³/mol. The first-order chi connectivity index (χ1) is 9.08. The summed E-state index contributed by atoms with van der Waals surface area (Å²) >= 11 is 0. The molecular weight excluding hydrogens is 244 g/mol. The third-order valence-corrected chi connectivity index (χ3v) is 3.74. The van der Waals surface area contributed by atoms with Gasteiger partial charge in [0.15, 0.2) is 0 Å². The zero-order chi connectivity index (χ0) is 14.0. The Morgan fingerprint density at radius 1 is 1.32 bits per heavy atom. The zero-order valence-electron chi connectivity index (χ0n) is 11.7. The highest BCUT2D eigenvalue weighted by molar-refractivity contribution is 5.86. The highest BCUT2D eigenvalue weighted by atomic mass is 16.5. The first-order valence-electron chi connectivity index (χ1n) is 6.66. The Morgan fingerprint density at radius 3 is 2.42 bits per heavy atom. The standard InChI is InChI=1S/C15H20O4/c1-4-10-8-13(18-3)11(9-12(10)19-5-2)15(6-7-15)14(16)17/h8-9H,4-7H2,1-3H3,(H,16,17). The lowest BCUT2D eigenvalue weighted by Crippen LogP contribution is -2.20. The molecule has 0 amide bonds. The maximum absolute atomic E-state index is 11.5. The van der Waals surface area contributed by atoms with Crippen molar-refractivity contribution < 1.29 is 19.4 Å². The Balaban J connectivity index is 2.53. The number of rotatable bonds is 6. The maximum atomic E-state index is 11.5. The van der Waals surface area contributed by atoms with Gasteiger partial charge in [-0.2, -0.15) is 0 Å². The van der Waals surface area contributed by atoms with Crippen LogP contribution in [0.2, 0.25) is 0 Å². The minimum atomic E-state index is -0.780. The van der Waals surface area contributed by atoms with Crippen LogP contribution in [0.5, 0.6) is 11.5 Å². The predicted octanol–water partition coefficient (Wildman–Crippen LogP) is 2.77. The number of carboxylic acids is 1. The number of aliphatic carboxylic acids is 1. The minimum Gasteiger partial charge on any atom is -0.496 e. The molecule has 0 aromatic heterocycles. The van der Waals surface area contributed by atoms with Crippen molar-refractivity contribution in [1.29, 1.82) is 0 Å². The van der Waals surface area contributed by atoms with Crippen LogP contribution in [-0.4, -0.2) is 24.8 Å². The second-order valence-electron chi connectivity index (χ2n) is 4.83. The van der Waals surface area contributed by atoms with Crippen molar-refractivity contribution in [3.63, 3.8) is 0 Å². The number of hydrogen-bond donors (Lipinski definition) is 1. The highest BCUT2D eigenvalue weighted by Crippen LogP contribution is 2.52. The normalized spacial score (nSPS) is 15.9. The van der Waals surface area contributed by atoms with Crippen molar-refractivity contribution in [1.82, 2.24) is 0 Å². The number of carboxylic acid groups (broad SMARTS) is 1. The lowest BCUT2D eigenvalue weighted by Gasteiger charge is -2.19. The number of hydrogen-bond acceptors (Lipinski definition) is 3. The quantitative estimate of drug-likeness (QED) is 0.858. The van der Waals surface area contributed by atoms with Crippen molar-refractivity contribution in [2.24, 2.45) is 0 Å². The molecule has 1 aliphatic rings. The van der Waals surface area contributed by atoms with Crippen LogP contribution >= 0.6 is 0 Å². The van der Waals surface area contributed by atoms with E-state index >= 15 is 0 Å². The number of benzene rings is 1. The van der Waals surface area contributed by atoms with Crippen molar-refractivity contribution in [2.75, 3.05) is 13.7 Å². The van der Waals surface area contributed by atoms with Gasteiger partial charge in [0.1, 0.15) is 11.5 Å². The summed E-state index contributed by atoms with van der Waals surface area (Å²) in [6, 6.07) is 3.76. The maximum Gasteiger partial charge on any atom is 0.314 e. The summed E-state index contributed by atoms with van der Waals surface area (Å²) in [5.74, 6) is 0.644. The van der Waals surface area contributed by atoms with Gasteiger partial charge in [0.2, 0.25) is 0 Å². The van der Waals surface area contributed by atoms with E-state index in [2.05, 4.69) is 0 Å². The van der Waals surface area contributed by atoms with Crippen LogP contribution in [0, 0.1) is 0 Å². The van der Waals surface area contributed by atoms with Crippen LogP contribution < -0.4 is 9.47 Å². The van der Waals surface area contributed by atoms with Crippen LogP contribution in [-0.2, 0) is 16.6 Å². The van der Waals surface area contributed by atoms with Gasteiger partial charge in [-0.25, -0.2) is 0 Å². The smallest absolute Gasteiger partial charge is 0.314 e. The molecule has 1 aromatic carbocycles. The monoisotopic (exact) mass is 264 g/mol. The van der Waals surface area contributed by atoms with Gasteiger partial charge in [-0.15, -0.1) is 0 Å². The Labute approximate surface area is 113 Å². The summed E-state index contributed by atoms with van der Waals surface area (Å²) in [7, 11) is 1.58. The number of methoxy groups -OCH3 is 1. The second kappa shape index (κ2) is 5.11. The first-order valence-corrected chi connectivity index (χ1v) is 6.66. The Hall–Kier alpha value is -1.71. The van der Waals surface area contributed by atoms with E-state index in [-0.39, 0.29) is 0 Å². The van der Waals surface area contributed by atoms with E-state index in [0.717, 1.165) is 23.3 Å². The van der Waals surface area contributed by atoms with E-state index in [0.29, 0.717) is 25.2 Å². The van der Waals surface area contributed by atoms with Gasteiger partial charge in [0, 0.05) is 5.56 Å². The highest BCUT2D eigenvalue weighted by Gasteiger charge is 2.53. The summed E-state index contributed by atoms with van der Waals surface area (Å²) in [4.78, 5) is 11.5. The van der Waals surface area contributed by atoms with E-state index in [1.807, 2.05) is 26.0 Å². The van der Waals surface area contributed by atoms with Crippen LogP contribution in [0.1, 0.15) is 37.8 Å². The van der Waals surface area contributed by atoms with Gasteiger partial charge in [-0.1, -0.05) is 6.92 Å². The van der Waals surface area contributed by atoms with Crippen LogP contribution in [0.15, 0.2) is 12.1 Å². The Kier molecular flexibility index (Phi) is 3.69. The molecule has 4 nitrogen and oxygen atoms in total.